The molecule has 0 aliphatic heterocycles. The van der Waals surface area contributed by atoms with Crippen molar-refractivity contribution in [3.8, 4) is 11.4 Å². The van der Waals surface area contributed by atoms with Gasteiger partial charge in [-0.1, -0.05) is 0 Å². The Balaban J connectivity index is 2.47. The number of halogens is 1. The molecule has 66 valence electrons. The van der Waals surface area contributed by atoms with Crippen LogP contribution in [0.1, 0.15) is 0 Å². The van der Waals surface area contributed by atoms with Crippen LogP contribution in [0.5, 0.6) is 0 Å². The SMILES string of the molecule is Fc1ccc(-c2coc(=S)[nH]2)nc1. The van der Waals surface area contributed by atoms with Crippen molar-refractivity contribution in [3.05, 3.63) is 35.2 Å². The minimum Gasteiger partial charge on any atom is -0.437 e. The molecule has 0 saturated heterocycles. The summed E-state index contributed by atoms with van der Waals surface area (Å²) < 4.78 is 17.4. The van der Waals surface area contributed by atoms with Crippen LogP contribution in [0.4, 0.5) is 4.39 Å². The molecule has 13 heavy (non-hydrogen) atoms. The first-order chi connectivity index (χ1) is 6.25. The molecule has 2 rings (SSSR count). The van der Waals surface area contributed by atoms with Gasteiger partial charge in [0.2, 0.25) is 0 Å². The van der Waals surface area contributed by atoms with Crippen LogP contribution in [0.3, 0.4) is 0 Å². The lowest BCUT2D eigenvalue weighted by Gasteiger charge is -1.93. The van der Waals surface area contributed by atoms with Crippen molar-refractivity contribution in [1.29, 1.82) is 0 Å². The Hall–Kier alpha value is -1.49. The van der Waals surface area contributed by atoms with Gasteiger partial charge in [-0.25, -0.2) is 4.39 Å². The maximum absolute atomic E-state index is 12.5. The van der Waals surface area contributed by atoms with E-state index in [0.717, 1.165) is 6.20 Å². The summed E-state index contributed by atoms with van der Waals surface area (Å²) in [6.07, 6.45) is 2.59. The molecule has 1 N–H and O–H groups in total. The zero-order valence-corrected chi connectivity index (χ0v) is 7.27. The van der Waals surface area contributed by atoms with Crippen molar-refractivity contribution in [2.24, 2.45) is 0 Å². The number of rotatable bonds is 1. The molecule has 0 aromatic carbocycles. The zero-order chi connectivity index (χ0) is 9.26. The molecule has 3 nitrogen and oxygen atoms in total. The van der Waals surface area contributed by atoms with Gasteiger partial charge in [0.05, 0.1) is 11.9 Å². The second-order valence-electron chi connectivity index (χ2n) is 2.42. The van der Waals surface area contributed by atoms with Gasteiger partial charge < -0.3 is 9.40 Å². The standard InChI is InChI=1S/C8H5FN2OS/c9-5-1-2-6(10-3-5)7-4-12-8(13)11-7/h1-4H,(H,11,13). The predicted molar refractivity (Wildman–Crippen MR) is 47.1 cm³/mol. The Morgan fingerprint density at radius 2 is 2.31 bits per heavy atom. The van der Waals surface area contributed by atoms with E-state index in [4.69, 9.17) is 16.6 Å². The molecule has 0 aliphatic rings. The zero-order valence-electron chi connectivity index (χ0n) is 6.45. The van der Waals surface area contributed by atoms with Crippen LogP contribution in [0.2, 0.25) is 0 Å². The first-order valence-electron chi connectivity index (χ1n) is 3.55. The molecule has 0 saturated carbocycles. The number of H-pyrrole nitrogens is 1. The van der Waals surface area contributed by atoms with Gasteiger partial charge in [0.1, 0.15) is 17.8 Å². The number of nitrogens with one attached hydrogen (secondary N) is 1. The maximum Gasteiger partial charge on any atom is 0.266 e. The van der Waals surface area contributed by atoms with E-state index in [1.165, 1.54) is 12.3 Å². The number of aromatic amines is 1. The Morgan fingerprint density at radius 3 is 2.85 bits per heavy atom. The monoisotopic (exact) mass is 196 g/mol. The van der Waals surface area contributed by atoms with E-state index in [1.807, 2.05) is 0 Å². The number of oxazole rings is 1. The molecule has 0 atom stereocenters. The van der Waals surface area contributed by atoms with Crippen molar-refractivity contribution < 1.29 is 8.81 Å². The topological polar surface area (TPSA) is 41.8 Å². The third-order valence-electron chi connectivity index (χ3n) is 1.52. The maximum atomic E-state index is 12.5. The molecule has 0 spiro atoms. The molecule has 0 bridgehead atoms. The summed E-state index contributed by atoms with van der Waals surface area (Å²) in [7, 11) is 0. The van der Waals surface area contributed by atoms with E-state index in [-0.39, 0.29) is 10.7 Å². The average molecular weight is 196 g/mol. The second-order valence-corrected chi connectivity index (χ2v) is 2.79. The second kappa shape index (κ2) is 3.10. The number of hydrogen-bond donors (Lipinski definition) is 1. The summed E-state index contributed by atoms with van der Waals surface area (Å²) in [5, 5.41) is 0. The van der Waals surface area contributed by atoms with E-state index < -0.39 is 0 Å². The highest BCUT2D eigenvalue weighted by atomic mass is 32.1. The van der Waals surface area contributed by atoms with Gasteiger partial charge in [0.25, 0.3) is 4.84 Å². The minimum atomic E-state index is -0.370. The van der Waals surface area contributed by atoms with E-state index in [2.05, 4.69) is 9.97 Å². The van der Waals surface area contributed by atoms with Gasteiger partial charge in [-0.15, -0.1) is 0 Å². The summed E-state index contributed by atoms with van der Waals surface area (Å²) in [6.45, 7) is 0. The molecule has 0 radical (unpaired) electrons. The molecule has 0 unspecified atom stereocenters. The molecular weight excluding hydrogens is 191 g/mol. The van der Waals surface area contributed by atoms with Crippen LogP contribution in [0, 0.1) is 10.7 Å². The number of nitrogens with zero attached hydrogens (tertiary/aromatic N) is 1. The van der Waals surface area contributed by atoms with E-state index in [0.29, 0.717) is 11.4 Å². The summed E-state index contributed by atoms with van der Waals surface area (Å²) >= 11 is 4.73. The molecule has 0 aliphatic carbocycles. The lowest BCUT2D eigenvalue weighted by Crippen LogP contribution is -1.83. The normalized spacial score (nSPS) is 10.2. The van der Waals surface area contributed by atoms with Crippen LogP contribution in [-0.2, 0) is 0 Å². The van der Waals surface area contributed by atoms with Crippen molar-refractivity contribution in [2.45, 2.75) is 0 Å². The van der Waals surface area contributed by atoms with Gasteiger partial charge in [-0.05, 0) is 24.4 Å². The fourth-order valence-corrected chi connectivity index (χ4v) is 1.10. The summed E-state index contributed by atoms with van der Waals surface area (Å²) in [5.74, 6) is -0.370. The van der Waals surface area contributed by atoms with Crippen molar-refractivity contribution in [2.75, 3.05) is 0 Å². The highest BCUT2D eigenvalue weighted by Crippen LogP contribution is 2.14. The van der Waals surface area contributed by atoms with Gasteiger partial charge in [0, 0.05) is 0 Å². The molecular formula is C8H5FN2OS. The molecule has 0 fully saturated rings. The van der Waals surface area contributed by atoms with Crippen LogP contribution < -0.4 is 0 Å². The van der Waals surface area contributed by atoms with Crippen LogP contribution in [-0.4, -0.2) is 9.97 Å². The fraction of sp³-hybridized carbons (Fsp3) is 0. The minimum absolute atomic E-state index is 0.279. The predicted octanol–water partition coefficient (Wildman–Crippen LogP) is 2.54. The van der Waals surface area contributed by atoms with Gasteiger partial charge in [0.15, 0.2) is 0 Å². The number of aromatic nitrogens is 2. The lowest BCUT2D eigenvalue weighted by atomic mass is 10.3. The average Bonchev–Trinajstić information content (AvgIpc) is 2.53. The highest BCUT2D eigenvalue weighted by Gasteiger charge is 2.01. The third kappa shape index (κ3) is 1.65. The number of hydrogen-bond acceptors (Lipinski definition) is 3. The van der Waals surface area contributed by atoms with Gasteiger partial charge in [-0.2, -0.15) is 0 Å². The van der Waals surface area contributed by atoms with E-state index >= 15 is 0 Å². The first kappa shape index (κ1) is 8.12. The Morgan fingerprint density at radius 1 is 1.46 bits per heavy atom. The number of pyridine rings is 1. The summed E-state index contributed by atoms with van der Waals surface area (Å²) in [4.78, 5) is 6.90. The van der Waals surface area contributed by atoms with Crippen molar-refractivity contribution in [3.63, 3.8) is 0 Å². The highest BCUT2D eigenvalue weighted by molar-refractivity contribution is 7.71. The van der Waals surface area contributed by atoms with Crippen LogP contribution >= 0.6 is 12.2 Å². The Labute approximate surface area is 78.2 Å². The molecule has 2 aromatic heterocycles. The van der Waals surface area contributed by atoms with Gasteiger partial charge >= 0.3 is 0 Å². The van der Waals surface area contributed by atoms with Gasteiger partial charge in [-0.3, -0.25) is 4.98 Å². The molecule has 2 aromatic rings. The van der Waals surface area contributed by atoms with Crippen molar-refractivity contribution >= 4 is 12.2 Å². The van der Waals surface area contributed by atoms with E-state index in [9.17, 15) is 4.39 Å². The van der Waals surface area contributed by atoms with E-state index in [1.54, 1.807) is 6.07 Å². The smallest absolute Gasteiger partial charge is 0.266 e. The summed E-state index contributed by atoms with van der Waals surface area (Å²) in [6, 6.07) is 2.87. The Bertz CT molecular complexity index is 459. The van der Waals surface area contributed by atoms with Crippen LogP contribution in [0.25, 0.3) is 11.4 Å². The molecule has 2 heterocycles. The quantitative estimate of drug-likeness (QED) is 0.712. The van der Waals surface area contributed by atoms with Crippen molar-refractivity contribution in [1.82, 2.24) is 9.97 Å². The first-order valence-corrected chi connectivity index (χ1v) is 3.96. The fourth-order valence-electron chi connectivity index (χ4n) is 0.941. The van der Waals surface area contributed by atoms with Crippen LogP contribution in [0.15, 0.2) is 29.0 Å². The largest absolute Gasteiger partial charge is 0.437 e. The molecule has 5 heteroatoms. The third-order valence-corrected chi connectivity index (χ3v) is 1.72. The summed E-state index contributed by atoms with van der Waals surface area (Å²) in [5.41, 5.74) is 1.24. The lowest BCUT2D eigenvalue weighted by molar-refractivity contribution is 0.541. The Kier molecular flexibility index (Phi) is 1.94. The molecule has 0 amide bonds.